The molecule has 0 radical (unpaired) electrons. The fourth-order valence-corrected chi connectivity index (χ4v) is 5.64. The van der Waals surface area contributed by atoms with E-state index in [1.54, 1.807) is 28.8 Å². The third-order valence-corrected chi connectivity index (χ3v) is 6.53. The number of nitrogens with two attached hydrogens (primary N) is 1. The number of hydrogen-bond acceptors (Lipinski definition) is 5. The Balaban J connectivity index is 2.41. The summed E-state index contributed by atoms with van der Waals surface area (Å²) in [6.07, 6.45) is 1.21. The molecule has 21 heavy (non-hydrogen) atoms. The molecule has 118 valence electrons. The number of benzene rings is 1. The maximum absolute atomic E-state index is 14.2. The molecule has 1 fully saturated rings. The third-order valence-electron chi connectivity index (χ3n) is 3.58. The normalized spacial score (nSPS) is 22.2. The Kier molecular flexibility index (Phi) is 5.54. The van der Waals surface area contributed by atoms with Crippen LogP contribution in [0, 0.1) is 5.82 Å². The van der Waals surface area contributed by atoms with Crippen LogP contribution in [0.3, 0.4) is 0 Å². The van der Waals surface area contributed by atoms with Gasteiger partial charge in [0.2, 0.25) is 0 Å². The zero-order valence-electron chi connectivity index (χ0n) is 11.6. The first-order valence-electron chi connectivity index (χ1n) is 6.52. The number of thioether (sulfide) groups is 1. The second-order valence-electron chi connectivity index (χ2n) is 4.99. The number of halogens is 2. The third kappa shape index (κ3) is 3.71. The fourth-order valence-electron chi connectivity index (χ4n) is 2.54. The second-order valence-corrected chi connectivity index (χ2v) is 8.75. The van der Waals surface area contributed by atoms with E-state index in [0.717, 1.165) is 5.75 Å². The summed E-state index contributed by atoms with van der Waals surface area (Å²) in [5.74, 6) is 0.738. The monoisotopic (exact) mass is 352 g/mol. The molecule has 2 N–H and O–H groups in total. The van der Waals surface area contributed by atoms with Gasteiger partial charge >= 0.3 is 0 Å². The van der Waals surface area contributed by atoms with Gasteiger partial charge in [0.15, 0.2) is 9.84 Å². The van der Waals surface area contributed by atoms with Crippen LogP contribution in [0.4, 0.5) is 4.39 Å². The first kappa shape index (κ1) is 17.0. The van der Waals surface area contributed by atoms with E-state index in [1.165, 1.54) is 12.3 Å². The Morgan fingerprint density at radius 2 is 2.29 bits per heavy atom. The number of rotatable bonds is 4. The van der Waals surface area contributed by atoms with Gasteiger partial charge in [-0.1, -0.05) is 23.7 Å². The van der Waals surface area contributed by atoms with Gasteiger partial charge < -0.3 is 5.73 Å². The zero-order valence-corrected chi connectivity index (χ0v) is 14.0. The molecule has 8 heteroatoms. The second kappa shape index (κ2) is 6.83. The number of nitrogens with zero attached hydrogens (tertiary/aromatic N) is 1. The molecule has 0 bridgehead atoms. The van der Waals surface area contributed by atoms with Gasteiger partial charge in [0, 0.05) is 36.4 Å². The van der Waals surface area contributed by atoms with E-state index in [1.807, 2.05) is 0 Å². The molecule has 2 unspecified atom stereocenters. The van der Waals surface area contributed by atoms with Crippen molar-refractivity contribution in [1.29, 1.82) is 0 Å². The molecule has 0 saturated carbocycles. The van der Waals surface area contributed by atoms with Gasteiger partial charge in [0.05, 0.1) is 11.1 Å². The molecule has 1 aromatic rings. The quantitative estimate of drug-likeness (QED) is 0.896. The Labute approximate surface area is 133 Å². The van der Waals surface area contributed by atoms with Crippen molar-refractivity contribution in [2.24, 2.45) is 5.73 Å². The minimum absolute atomic E-state index is 0.0215. The lowest BCUT2D eigenvalue weighted by molar-refractivity contribution is 0.194. The topological polar surface area (TPSA) is 63.4 Å². The molecule has 2 atom stereocenters. The Hall–Kier alpha value is -0.340. The van der Waals surface area contributed by atoms with Gasteiger partial charge in [-0.15, -0.1) is 0 Å². The van der Waals surface area contributed by atoms with Crippen LogP contribution in [0.5, 0.6) is 0 Å². The molecule has 2 rings (SSSR count). The summed E-state index contributed by atoms with van der Waals surface area (Å²) in [6.45, 7) is 0.685. The van der Waals surface area contributed by atoms with Crippen molar-refractivity contribution >= 4 is 33.2 Å². The van der Waals surface area contributed by atoms with Crippen molar-refractivity contribution in [2.45, 2.75) is 11.4 Å². The van der Waals surface area contributed by atoms with Crippen molar-refractivity contribution in [3.05, 3.63) is 34.6 Å². The van der Waals surface area contributed by atoms with Crippen LogP contribution in [0.25, 0.3) is 0 Å². The molecule has 1 aliphatic rings. The maximum atomic E-state index is 14.2. The Bertz CT molecular complexity index is 612. The standard InChI is InChI=1S/C13H18ClFN2O2S2/c1-21(18,19)12-8-20-6-5-17(12)11(7-16)9-3-2-4-10(14)13(9)15/h2-4,11-12H,5-8,16H2,1H3. The first-order valence-corrected chi connectivity index (χ1v) is 10.0. The Morgan fingerprint density at radius 3 is 2.90 bits per heavy atom. The van der Waals surface area contributed by atoms with Gasteiger partial charge in [-0.25, -0.2) is 12.8 Å². The van der Waals surface area contributed by atoms with Crippen molar-refractivity contribution in [3.63, 3.8) is 0 Å². The smallest absolute Gasteiger partial charge is 0.164 e. The van der Waals surface area contributed by atoms with E-state index in [4.69, 9.17) is 17.3 Å². The van der Waals surface area contributed by atoms with Gasteiger partial charge in [-0.05, 0) is 6.07 Å². The van der Waals surface area contributed by atoms with Crippen LogP contribution in [0.1, 0.15) is 11.6 Å². The first-order chi connectivity index (χ1) is 9.86. The fraction of sp³-hybridized carbons (Fsp3) is 0.538. The predicted molar refractivity (Wildman–Crippen MR) is 85.9 cm³/mol. The highest BCUT2D eigenvalue weighted by Crippen LogP contribution is 2.32. The van der Waals surface area contributed by atoms with Crippen molar-refractivity contribution in [1.82, 2.24) is 4.90 Å². The molecular formula is C13H18ClFN2O2S2. The molecule has 1 saturated heterocycles. The lowest BCUT2D eigenvalue weighted by Crippen LogP contribution is -2.50. The predicted octanol–water partition coefficient (Wildman–Crippen LogP) is 1.90. The SMILES string of the molecule is CS(=O)(=O)C1CSCCN1C(CN)c1cccc(Cl)c1F. The summed E-state index contributed by atoms with van der Waals surface area (Å²) >= 11 is 7.41. The van der Waals surface area contributed by atoms with Crippen LogP contribution < -0.4 is 5.73 Å². The molecule has 1 aromatic carbocycles. The molecule has 0 aliphatic carbocycles. The van der Waals surface area contributed by atoms with E-state index in [2.05, 4.69) is 0 Å². The minimum Gasteiger partial charge on any atom is -0.329 e. The summed E-state index contributed by atoms with van der Waals surface area (Å²) in [4.78, 5) is 1.78. The van der Waals surface area contributed by atoms with Crippen molar-refractivity contribution < 1.29 is 12.8 Å². The van der Waals surface area contributed by atoms with Gasteiger partial charge in [-0.3, -0.25) is 4.90 Å². The van der Waals surface area contributed by atoms with E-state index < -0.39 is 27.1 Å². The van der Waals surface area contributed by atoms with Crippen LogP contribution >= 0.6 is 23.4 Å². The van der Waals surface area contributed by atoms with Crippen molar-refractivity contribution in [3.8, 4) is 0 Å². The lowest BCUT2D eigenvalue weighted by atomic mass is 10.0. The molecular weight excluding hydrogens is 335 g/mol. The largest absolute Gasteiger partial charge is 0.329 e. The van der Waals surface area contributed by atoms with Crippen molar-refractivity contribution in [2.75, 3.05) is 30.9 Å². The molecule has 1 heterocycles. The number of hydrogen-bond donors (Lipinski definition) is 1. The highest BCUT2D eigenvalue weighted by Gasteiger charge is 2.36. The molecule has 0 spiro atoms. The Morgan fingerprint density at radius 1 is 1.57 bits per heavy atom. The molecule has 0 amide bonds. The van der Waals surface area contributed by atoms with Crippen LogP contribution in [-0.4, -0.2) is 49.5 Å². The summed E-state index contributed by atoms with van der Waals surface area (Å²) in [6, 6.07) is 4.23. The zero-order chi connectivity index (χ0) is 15.6. The van der Waals surface area contributed by atoms with Crippen LogP contribution in [-0.2, 0) is 9.84 Å². The van der Waals surface area contributed by atoms with E-state index >= 15 is 0 Å². The molecule has 1 aliphatic heterocycles. The lowest BCUT2D eigenvalue weighted by Gasteiger charge is -2.39. The van der Waals surface area contributed by atoms with Gasteiger partial charge in [0.1, 0.15) is 11.2 Å². The van der Waals surface area contributed by atoms with Gasteiger partial charge in [-0.2, -0.15) is 11.8 Å². The van der Waals surface area contributed by atoms with E-state index in [0.29, 0.717) is 17.9 Å². The van der Waals surface area contributed by atoms with Crippen LogP contribution in [0.15, 0.2) is 18.2 Å². The minimum atomic E-state index is -3.27. The summed E-state index contributed by atoms with van der Waals surface area (Å²) < 4.78 is 38.2. The van der Waals surface area contributed by atoms with E-state index in [-0.39, 0.29) is 11.6 Å². The maximum Gasteiger partial charge on any atom is 0.164 e. The highest BCUT2D eigenvalue weighted by atomic mass is 35.5. The average molecular weight is 353 g/mol. The summed E-state index contributed by atoms with van der Waals surface area (Å²) in [5.41, 5.74) is 6.16. The molecule has 0 aromatic heterocycles. The van der Waals surface area contributed by atoms with Gasteiger partial charge in [0.25, 0.3) is 0 Å². The van der Waals surface area contributed by atoms with Crippen LogP contribution in [0.2, 0.25) is 5.02 Å². The average Bonchev–Trinajstić information content (AvgIpc) is 2.44. The highest BCUT2D eigenvalue weighted by molar-refractivity contribution is 8.00. The summed E-state index contributed by atoms with van der Waals surface area (Å²) in [5, 5.41) is -0.628. The molecule has 4 nitrogen and oxygen atoms in total. The summed E-state index contributed by atoms with van der Waals surface area (Å²) in [7, 11) is -3.27. The number of sulfone groups is 1. The van der Waals surface area contributed by atoms with E-state index in [9.17, 15) is 12.8 Å².